The molecule has 25 heavy (non-hydrogen) atoms. The first-order chi connectivity index (χ1) is 12.0. The van der Waals surface area contributed by atoms with Crippen molar-refractivity contribution >= 4 is 17.5 Å². The fourth-order valence-electron chi connectivity index (χ4n) is 2.64. The summed E-state index contributed by atoms with van der Waals surface area (Å²) in [4.78, 5) is 12.6. The molecule has 0 aliphatic rings. The number of halogens is 1. The molecule has 0 radical (unpaired) electrons. The van der Waals surface area contributed by atoms with Gasteiger partial charge in [0.15, 0.2) is 5.76 Å². The summed E-state index contributed by atoms with van der Waals surface area (Å²) in [6.45, 7) is 6.17. The normalized spacial score (nSPS) is 11.1. The van der Waals surface area contributed by atoms with Crippen LogP contribution in [0.5, 0.6) is 0 Å². The first-order valence-electron chi connectivity index (χ1n) is 8.00. The van der Waals surface area contributed by atoms with Crippen LogP contribution in [-0.2, 0) is 6.54 Å². The maximum atomic E-state index is 12.6. The highest BCUT2D eigenvalue weighted by Gasteiger charge is 2.21. The molecule has 6 nitrogen and oxygen atoms in total. The molecule has 2 heterocycles. The lowest BCUT2D eigenvalue weighted by Gasteiger charge is -2.13. The van der Waals surface area contributed by atoms with E-state index >= 15 is 0 Å². The van der Waals surface area contributed by atoms with Crippen LogP contribution in [0.1, 0.15) is 47.3 Å². The third kappa shape index (κ3) is 3.74. The Kier molecular flexibility index (Phi) is 4.90. The molecule has 3 rings (SSSR count). The SMILES string of the molecule is Cc1cc(CNC(=O)c2cnn(-c3ccc(Cl)cc3)c2C(C)C)on1. The smallest absolute Gasteiger partial charge is 0.255 e. The standard InChI is InChI=1S/C18H19ClN4O2/c1-11(2)17-16(18(24)20-9-15-8-12(3)22-25-15)10-21-23(17)14-6-4-13(19)5-7-14/h4-8,10-11H,9H2,1-3H3,(H,20,24). The predicted octanol–water partition coefficient (Wildman–Crippen LogP) is 3.88. The van der Waals surface area contributed by atoms with Gasteiger partial charge in [-0.3, -0.25) is 4.79 Å². The predicted molar refractivity (Wildman–Crippen MR) is 95.1 cm³/mol. The van der Waals surface area contributed by atoms with Crippen molar-refractivity contribution in [3.63, 3.8) is 0 Å². The lowest BCUT2D eigenvalue weighted by atomic mass is 10.0. The number of nitrogens with one attached hydrogen (secondary N) is 1. The summed E-state index contributed by atoms with van der Waals surface area (Å²) in [5, 5.41) is 11.7. The number of benzene rings is 1. The van der Waals surface area contributed by atoms with Crippen molar-refractivity contribution in [2.45, 2.75) is 33.2 Å². The summed E-state index contributed by atoms with van der Waals surface area (Å²) < 4.78 is 6.89. The van der Waals surface area contributed by atoms with Gasteiger partial charge in [-0.2, -0.15) is 5.10 Å². The zero-order valence-corrected chi connectivity index (χ0v) is 15.0. The van der Waals surface area contributed by atoms with Crippen molar-refractivity contribution in [2.75, 3.05) is 0 Å². The molecule has 3 aromatic rings. The van der Waals surface area contributed by atoms with Gasteiger partial charge in [-0.05, 0) is 37.1 Å². The summed E-state index contributed by atoms with van der Waals surface area (Å²) in [6.07, 6.45) is 1.59. The second-order valence-corrected chi connectivity index (χ2v) is 6.54. The molecule has 0 fully saturated rings. The molecule has 0 atom stereocenters. The minimum absolute atomic E-state index is 0.117. The molecule has 7 heteroatoms. The van der Waals surface area contributed by atoms with Gasteiger partial charge in [0.1, 0.15) is 0 Å². The summed E-state index contributed by atoms with van der Waals surface area (Å²) >= 11 is 5.95. The first-order valence-corrected chi connectivity index (χ1v) is 8.37. The van der Waals surface area contributed by atoms with Crippen LogP contribution in [0, 0.1) is 6.92 Å². The maximum Gasteiger partial charge on any atom is 0.255 e. The van der Waals surface area contributed by atoms with E-state index in [1.54, 1.807) is 29.1 Å². The molecule has 1 N–H and O–H groups in total. The number of nitrogens with zero attached hydrogens (tertiary/aromatic N) is 3. The minimum atomic E-state index is -0.196. The van der Waals surface area contributed by atoms with Gasteiger partial charge in [-0.15, -0.1) is 0 Å². The van der Waals surface area contributed by atoms with Gasteiger partial charge in [0.05, 0.1) is 35.4 Å². The number of hydrogen-bond acceptors (Lipinski definition) is 4. The van der Waals surface area contributed by atoms with Crippen molar-refractivity contribution < 1.29 is 9.32 Å². The summed E-state index contributed by atoms with van der Waals surface area (Å²) in [6, 6.07) is 9.14. The minimum Gasteiger partial charge on any atom is -0.359 e. The van der Waals surface area contributed by atoms with Crippen molar-refractivity contribution in [2.24, 2.45) is 0 Å². The van der Waals surface area contributed by atoms with Gasteiger partial charge in [0, 0.05) is 11.1 Å². The van der Waals surface area contributed by atoms with Crippen LogP contribution in [-0.4, -0.2) is 20.8 Å². The van der Waals surface area contributed by atoms with Crippen LogP contribution in [0.3, 0.4) is 0 Å². The Bertz CT molecular complexity index is 881. The Labute approximate surface area is 150 Å². The van der Waals surface area contributed by atoms with E-state index in [-0.39, 0.29) is 18.4 Å². The molecule has 0 aliphatic carbocycles. The van der Waals surface area contributed by atoms with Gasteiger partial charge >= 0.3 is 0 Å². The zero-order chi connectivity index (χ0) is 18.0. The molecule has 0 saturated carbocycles. The van der Waals surface area contributed by atoms with Crippen LogP contribution in [0.25, 0.3) is 5.69 Å². The van der Waals surface area contributed by atoms with Crippen molar-refractivity contribution in [3.8, 4) is 5.69 Å². The number of aromatic nitrogens is 3. The fourth-order valence-corrected chi connectivity index (χ4v) is 2.76. The van der Waals surface area contributed by atoms with Crippen molar-refractivity contribution in [1.29, 1.82) is 0 Å². The summed E-state index contributed by atoms with van der Waals surface area (Å²) in [5.41, 5.74) is 3.02. The Hall–Kier alpha value is -2.60. The van der Waals surface area contributed by atoms with Crippen molar-refractivity contribution in [1.82, 2.24) is 20.3 Å². The number of amides is 1. The van der Waals surface area contributed by atoms with E-state index < -0.39 is 0 Å². The number of rotatable bonds is 5. The molecule has 1 amide bonds. The van der Waals surface area contributed by atoms with Crippen molar-refractivity contribution in [3.05, 3.63) is 64.3 Å². The molecule has 0 bridgehead atoms. The van der Waals surface area contributed by atoms with Gasteiger partial charge in [-0.1, -0.05) is 30.6 Å². The number of hydrogen-bond donors (Lipinski definition) is 1. The molecule has 0 spiro atoms. The Balaban J connectivity index is 1.85. The number of carbonyl (C=O) groups excluding carboxylic acids is 1. The molecular weight excluding hydrogens is 340 g/mol. The van der Waals surface area contributed by atoms with E-state index in [1.807, 2.05) is 32.9 Å². The highest BCUT2D eigenvalue weighted by Crippen LogP contribution is 2.24. The maximum absolute atomic E-state index is 12.6. The third-order valence-electron chi connectivity index (χ3n) is 3.77. The largest absolute Gasteiger partial charge is 0.359 e. The fraction of sp³-hybridized carbons (Fsp3) is 0.278. The Morgan fingerprint density at radius 2 is 2.04 bits per heavy atom. The first kappa shape index (κ1) is 17.2. The van der Waals surface area contributed by atoms with Crippen LogP contribution >= 0.6 is 11.6 Å². The molecule has 2 aromatic heterocycles. The molecule has 0 unspecified atom stereocenters. The summed E-state index contributed by atoms with van der Waals surface area (Å²) in [5.74, 6) is 0.534. The Morgan fingerprint density at radius 3 is 2.64 bits per heavy atom. The van der Waals surface area contributed by atoms with Gasteiger partial charge < -0.3 is 9.84 Å². The van der Waals surface area contributed by atoms with E-state index in [1.165, 1.54) is 0 Å². The lowest BCUT2D eigenvalue weighted by molar-refractivity contribution is 0.0945. The van der Waals surface area contributed by atoms with E-state index in [0.717, 1.165) is 17.1 Å². The lowest BCUT2D eigenvalue weighted by Crippen LogP contribution is -2.24. The average molecular weight is 359 g/mol. The second-order valence-electron chi connectivity index (χ2n) is 6.10. The van der Waals surface area contributed by atoms with Gasteiger partial charge in [-0.25, -0.2) is 4.68 Å². The molecule has 1 aromatic carbocycles. The molecular formula is C18H19ClN4O2. The molecule has 0 aliphatic heterocycles. The highest BCUT2D eigenvalue weighted by atomic mass is 35.5. The van der Waals surface area contributed by atoms with E-state index in [0.29, 0.717) is 16.3 Å². The van der Waals surface area contributed by atoms with E-state index in [4.69, 9.17) is 16.1 Å². The van der Waals surface area contributed by atoms with Crippen LogP contribution in [0.15, 0.2) is 41.1 Å². The molecule has 0 saturated heterocycles. The average Bonchev–Trinajstić information content (AvgIpc) is 3.19. The van der Waals surface area contributed by atoms with Crippen LogP contribution < -0.4 is 5.32 Å². The highest BCUT2D eigenvalue weighted by molar-refractivity contribution is 6.30. The third-order valence-corrected chi connectivity index (χ3v) is 4.02. The number of aryl methyl sites for hydroxylation is 1. The van der Waals surface area contributed by atoms with Gasteiger partial charge in [0.25, 0.3) is 5.91 Å². The monoisotopic (exact) mass is 358 g/mol. The van der Waals surface area contributed by atoms with E-state index in [2.05, 4.69) is 15.6 Å². The van der Waals surface area contributed by atoms with E-state index in [9.17, 15) is 4.79 Å². The van der Waals surface area contributed by atoms with Gasteiger partial charge in [0.2, 0.25) is 0 Å². The van der Waals surface area contributed by atoms with Crippen LogP contribution in [0.4, 0.5) is 0 Å². The topological polar surface area (TPSA) is 73.0 Å². The quantitative estimate of drug-likeness (QED) is 0.751. The Morgan fingerprint density at radius 1 is 1.32 bits per heavy atom. The van der Waals surface area contributed by atoms with Crippen LogP contribution in [0.2, 0.25) is 5.02 Å². The second kappa shape index (κ2) is 7.11. The zero-order valence-electron chi connectivity index (χ0n) is 14.3. The number of carbonyl (C=O) groups is 1. The molecule has 130 valence electrons. The summed E-state index contributed by atoms with van der Waals surface area (Å²) in [7, 11) is 0.